The molecule has 33 heavy (non-hydrogen) atoms. The van der Waals surface area contributed by atoms with Gasteiger partial charge in [-0.3, -0.25) is 9.05 Å². The van der Waals surface area contributed by atoms with E-state index < -0.39 is 8.09 Å². The third-order valence-corrected chi connectivity index (χ3v) is 8.43. The monoisotopic (exact) mass is 453 g/mol. The second-order valence-corrected chi connectivity index (χ2v) is 10.3. The average Bonchev–Trinajstić information content (AvgIpc) is 2.98. The van der Waals surface area contributed by atoms with E-state index in [-0.39, 0.29) is 6.04 Å². The summed E-state index contributed by atoms with van der Waals surface area (Å²) in [6.07, 6.45) is 7.50. The number of hydrogen-bond donors (Lipinski definition) is 0. The van der Waals surface area contributed by atoms with E-state index >= 15 is 0 Å². The zero-order valence-corrected chi connectivity index (χ0v) is 19.1. The lowest BCUT2D eigenvalue weighted by molar-refractivity contribution is -0.219. The highest BCUT2D eigenvalue weighted by Crippen LogP contribution is 2.63. The molecule has 4 nitrogen and oxygen atoms in total. The Labute approximate surface area is 194 Å². The van der Waals surface area contributed by atoms with Gasteiger partial charge in [-0.05, 0) is 46.5 Å². The Hall–Kier alpha value is -3.17. The summed E-state index contributed by atoms with van der Waals surface area (Å²) in [6, 6.07) is 24.2. The molecule has 5 heteroatoms. The summed E-state index contributed by atoms with van der Waals surface area (Å²) in [6.45, 7) is 4.48. The number of fused-ring (bicyclic) bond motifs is 7. The predicted octanol–water partition coefficient (Wildman–Crippen LogP) is 6.68. The van der Waals surface area contributed by atoms with Crippen LogP contribution >= 0.6 is 8.09 Å². The molecule has 6 rings (SSSR count). The fraction of sp³-hybridized carbons (Fsp3) is 0.143. The maximum Gasteiger partial charge on any atom is 0.411 e. The van der Waals surface area contributed by atoms with Crippen molar-refractivity contribution in [2.24, 2.45) is 0 Å². The summed E-state index contributed by atoms with van der Waals surface area (Å²) in [5.74, 6) is 1.16. The van der Waals surface area contributed by atoms with Crippen molar-refractivity contribution >= 4 is 29.6 Å². The minimum Gasteiger partial charge on any atom is -0.601 e. The Morgan fingerprint density at radius 3 is 2.03 bits per heavy atom. The van der Waals surface area contributed by atoms with Crippen LogP contribution in [0.5, 0.6) is 11.5 Å². The molecule has 0 unspecified atom stereocenters. The SMILES string of the molecule is C=CC[C@H]1C=CCCN1[P+]1([O-])Oc2ccc3ccccc3c2-c2c(ccc3ccccc23)O1. The summed E-state index contributed by atoms with van der Waals surface area (Å²) in [5.41, 5.74) is 1.84. The number of benzene rings is 4. The van der Waals surface area contributed by atoms with Gasteiger partial charge in [0.2, 0.25) is 0 Å². The Kier molecular flexibility index (Phi) is 4.95. The Morgan fingerprint density at radius 1 is 0.879 bits per heavy atom. The first kappa shape index (κ1) is 20.4. The highest BCUT2D eigenvalue weighted by atomic mass is 31.2. The molecule has 0 fully saturated rings. The third-order valence-electron chi connectivity index (χ3n) is 6.45. The van der Waals surface area contributed by atoms with Crippen molar-refractivity contribution in [3.8, 4) is 22.6 Å². The predicted molar refractivity (Wildman–Crippen MR) is 134 cm³/mol. The van der Waals surface area contributed by atoms with Gasteiger partial charge in [-0.15, -0.1) is 11.2 Å². The second-order valence-electron chi connectivity index (χ2n) is 8.44. The van der Waals surface area contributed by atoms with Gasteiger partial charge in [0, 0.05) is 17.7 Å². The van der Waals surface area contributed by atoms with Crippen LogP contribution in [0, 0.1) is 0 Å². The number of hydrogen-bond acceptors (Lipinski definition) is 4. The van der Waals surface area contributed by atoms with Crippen molar-refractivity contribution in [1.29, 1.82) is 0 Å². The first-order valence-electron chi connectivity index (χ1n) is 11.3. The van der Waals surface area contributed by atoms with Crippen LogP contribution < -0.4 is 13.9 Å². The van der Waals surface area contributed by atoms with Crippen LogP contribution in [-0.2, 0) is 0 Å². The molecule has 0 amide bonds. The number of nitrogens with zero attached hydrogens (tertiary/aromatic N) is 1. The third kappa shape index (κ3) is 3.34. The van der Waals surface area contributed by atoms with Crippen molar-refractivity contribution < 1.29 is 13.9 Å². The molecule has 0 aliphatic carbocycles. The zero-order chi connectivity index (χ0) is 22.4. The molecule has 4 aromatic carbocycles. The zero-order valence-electron chi connectivity index (χ0n) is 18.2. The van der Waals surface area contributed by atoms with Gasteiger partial charge in [0.15, 0.2) is 11.5 Å². The maximum absolute atomic E-state index is 14.5. The van der Waals surface area contributed by atoms with E-state index in [1.54, 1.807) is 0 Å². The summed E-state index contributed by atoms with van der Waals surface area (Å²) in [4.78, 5) is 14.5. The van der Waals surface area contributed by atoms with Gasteiger partial charge in [0.05, 0.1) is 6.04 Å². The van der Waals surface area contributed by atoms with E-state index in [0.717, 1.165) is 39.1 Å². The van der Waals surface area contributed by atoms with Crippen LogP contribution in [0.3, 0.4) is 0 Å². The van der Waals surface area contributed by atoms with Gasteiger partial charge >= 0.3 is 8.09 Å². The Balaban J connectivity index is 1.64. The van der Waals surface area contributed by atoms with E-state index in [9.17, 15) is 4.89 Å². The van der Waals surface area contributed by atoms with Gasteiger partial charge < -0.3 is 4.89 Å². The summed E-state index contributed by atoms with van der Waals surface area (Å²) in [7, 11) is -3.70. The molecular weight excluding hydrogens is 429 g/mol. The van der Waals surface area contributed by atoms with Crippen LogP contribution in [0.15, 0.2) is 97.6 Å². The molecular formula is C28H24NO3P. The van der Waals surface area contributed by atoms with Crippen molar-refractivity contribution in [3.63, 3.8) is 0 Å². The molecule has 0 saturated heterocycles. The Morgan fingerprint density at radius 2 is 1.45 bits per heavy atom. The van der Waals surface area contributed by atoms with Crippen LogP contribution in [0.1, 0.15) is 12.8 Å². The van der Waals surface area contributed by atoms with Crippen LogP contribution in [0.25, 0.3) is 32.7 Å². The van der Waals surface area contributed by atoms with Crippen molar-refractivity contribution in [2.45, 2.75) is 18.9 Å². The normalized spacial score (nSPS) is 19.2. The molecule has 4 aromatic rings. The minimum atomic E-state index is -3.70. The molecule has 0 N–H and O–H groups in total. The molecule has 1 atom stereocenters. The summed E-state index contributed by atoms with van der Waals surface area (Å²) >= 11 is 0. The average molecular weight is 453 g/mol. The molecule has 0 saturated carbocycles. The fourth-order valence-electron chi connectivity index (χ4n) is 4.94. The van der Waals surface area contributed by atoms with Gasteiger partial charge in [-0.2, -0.15) is 0 Å². The molecule has 2 aliphatic rings. The first-order chi connectivity index (χ1) is 16.2. The lowest BCUT2D eigenvalue weighted by atomic mass is 9.92. The van der Waals surface area contributed by atoms with Crippen LogP contribution in [0.4, 0.5) is 0 Å². The highest BCUT2D eigenvalue weighted by molar-refractivity contribution is 7.57. The molecule has 0 aromatic heterocycles. The molecule has 164 valence electrons. The highest BCUT2D eigenvalue weighted by Gasteiger charge is 2.49. The van der Waals surface area contributed by atoms with E-state index in [2.05, 4.69) is 43.0 Å². The van der Waals surface area contributed by atoms with E-state index in [0.29, 0.717) is 24.5 Å². The fourth-order valence-corrected chi connectivity index (χ4v) is 6.89. The standard InChI is InChI=1S/C28H24NO3P/c1-2-9-22-12-7-8-19-29(22)33(30)31-25-17-15-20-10-3-5-13-23(20)27(25)28-24-14-6-4-11-21(24)16-18-26(28)32-33/h2-7,10-18,22H,1,8-9,19H2/t22-/m0/s1. The minimum absolute atomic E-state index is 0.0898. The van der Waals surface area contributed by atoms with Gasteiger partial charge in [0.25, 0.3) is 0 Å². The molecule has 0 spiro atoms. The van der Waals surface area contributed by atoms with Crippen molar-refractivity contribution in [2.75, 3.05) is 6.54 Å². The molecule has 0 radical (unpaired) electrons. The number of rotatable bonds is 3. The van der Waals surface area contributed by atoms with E-state index in [1.165, 1.54) is 0 Å². The second kappa shape index (κ2) is 8.00. The summed E-state index contributed by atoms with van der Waals surface area (Å²) < 4.78 is 14.7. The van der Waals surface area contributed by atoms with Crippen LogP contribution in [0.2, 0.25) is 0 Å². The molecule has 0 bridgehead atoms. The lowest BCUT2D eigenvalue weighted by Gasteiger charge is -2.39. The molecule has 2 heterocycles. The van der Waals surface area contributed by atoms with Crippen molar-refractivity contribution in [3.05, 3.63) is 97.6 Å². The molecule has 2 aliphatic heterocycles. The van der Waals surface area contributed by atoms with Gasteiger partial charge in [0.1, 0.15) is 0 Å². The lowest BCUT2D eigenvalue weighted by Crippen LogP contribution is -2.44. The largest absolute Gasteiger partial charge is 0.601 e. The first-order valence-corrected chi connectivity index (χ1v) is 12.8. The van der Waals surface area contributed by atoms with E-state index in [4.69, 9.17) is 9.05 Å². The van der Waals surface area contributed by atoms with Gasteiger partial charge in [-0.25, -0.2) is 0 Å². The van der Waals surface area contributed by atoms with E-state index in [1.807, 2.05) is 59.3 Å². The van der Waals surface area contributed by atoms with Gasteiger partial charge in [-0.1, -0.05) is 78.9 Å². The smallest absolute Gasteiger partial charge is 0.411 e. The van der Waals surface area contributed by atoms with Crippen LogP contribution in [-0.4, -0.2) is 17.3 Å². The Bertz CT molecular complexity index is 1330. The summed E-state index contributed by atoms with van der Waals surface area (Å²) in [5, 5.41) is 4.29. The quantitative estimate of drug-likeness (QED) is 0.257. The topological polar surface area (TPSA) is 44.8 Å². The maximum atomic E-state index is 14.5. The van der Waals surface area contributed by atoms with Crippen molar-refractivity contribution in [1.82, 2.24) is 4.67 Å².